The van der Waals surface area contributed by atoms with Crippen LogP contribution in [0.25, 0.3) is 66.8 Å². The second-order valence-corrected chi connectivity index (χ2v) is 37.8. The minimum absolute atomic E-state index is 0.223. The Morgan fingerprint density at radius 3 is 0.702 bits per heavy atom. The summed E-state index contributed by atoms with van der Waals surface area (Å²) in [5.41, 5.74) is 22.5. The normalized spacial score (nSPS) is 20.3. The number of fused-ring (bicyclic) bond motifs is 19. The number of phosphoric acid groups is 3. The van der Waals surface area contributed by atoms with Gasteiger partial charge in [-0.3, -0.25) is 45.5 Å². The van der Waals surface area contributed by atoms with E-state index in [9.17, 15) is 4.79 Å². The highest BCUT2D eigenvalue weighted by atomic mass is 31.2. The van der Waals surface area contributed by atoms with Crippen molar-refractivity contribution < 1.29 is 78.2 Å². The van der Waals surface area contributed by atoms with Gasteiger partial charge < -0.3 is 19.0 Å². The van der Waals surface area contributed by atoms with Gasteiger partial charge in [0.2, 0.25) is 0 Å². The fourth-order valence-electron chi connectivity index (χ4n) is 20.6. The average molecular weight is 1670 g/mol. The third kappa shape index (κ3) is 14.5. The van der Waals surface area contributed by atoms with Gasteiger partial charge in [-0.05, 0) is 153 Å². The summed E-state index contributed by atoms with van der Waals surface area (Å²) < 4.78 is 142. The first kappa shape index (κ1) is 78.3. The average Bonchev–Trinajstić information content (AvgIpc) is 1.65. The molecule has 1 saturated heterocycles. The smallest absolute Gasteiger partial charge is 0.457 e. The molecule has 2 saturated carbocycles. The molecule has 12 aromatic carbocycles. The third-order valence-electron chi connectivity index (χ3n) is 26.1. The van der Waals surface area contributed by atoms with E-state index < -0.39 is 114 Å². The molecule has 121 heavy (non-hydrogen) atoms. The number of esters is 1. The molecule has 0 N–H and O–H groups in total. The van der Waals surface area contributed by atoms with Crippen molar-refractivity contribution in [3.63, 3.8) is 0 Å². The van der Waals surface area contributed by atoms with E-state index in [1.54, 1.807) is 0 Å². The van der Waals surface area contributed by atoms with E-state index in [4.69, 9.17) is 54.9 Å². The molecule has 0 bridgehead atoms. The number of rotatable bonds is 28. The number of ether oxygens (including phenoxy) is 3. The fraction of sp³-hybridized carbons (Fsp3) is 0.267. The molecule has 0 amide bonds. The number of benzene rings is 12. The fourth-order valence-corrected chi connectivity index (χ4v) is 24.8. The Morgan fingerprint density at radius 1 is 0.281 bits per heavy atom. The molecule has 0 aromatic heterocycles. The Morgan fingerprint density at radius 2 is 0.479 bits per heavy atom. The van der Waals surface area contributed by atoms with Crippen LogP contribution in [0.1, 0.15) is 154 Å². The van der Waals surface area contributed by atoms with Crippen LogP contribution in [0, 0.1) is 0 Å². The van der Waals surface area contributed by atoms with Crippen LogP contribution in [-0.4, -0.2) is 93.8 Å². The molecule has 8 aliphatic carbocycles. The second-order valence-electron chi connectivity index (χ2n) is 33.0. The first-order chi connectivity index (χ1) is 59.2. The zero-order valence-corrected chi connectivity index (χ0v) is 69.3. The Hall–Kier alpha value is -9.97. The standard InChI is InChI=1S/C101H89O17P3/c1-63(102)53-54-94(103)113-95-96-97(115-101(114-96)55-27-2-28-56-101)99(117-120(105,109-59-90-80-45-19-7-33-68(80)69-34-8-20-46-81(69)90)110-60-91-82-47-21-9-35-70(82)71-36-10-22-48-83(71)91)100(118-121(106,111-61-92-84-49-23-11-37-72(84)73-38-12-24-50-85(73)92)112-62-93-86-51-25-13-39-74(86)75-40-14-26-52-87(75)93)98(95)116-119(104,107-57-88-76-41-15-3-29-64(76)65-30-4-16-42-77(65)88)108-58-89-78-43-17-5-31-66(78)67-32-6-18-44-79(67)89/h3-26,29-52,88-93,95-100H,2,27-28,53-62H2,1H3/t95-,96-,97-,98+,99-,100-/m1/s1. The number of hydrogen-bond acceptors (Lipinski definition) is 17. The van der Waals surface area contributed by atoms with Crippen molar-refractivity contribution in [2.45, 2.75) is 130 Å². The van der Waals surface area contributed by atoms with E-state index in [1.807, 2.05) is 267 Å². The van der Waals surface area contributed by atoms with Crippen molar-refractivity contribution in [3.8, 4) is 66.8 Å². The van der Waals surface area contributed by atoms with Gasteiger partial charge in [0.15, 0.2) is 11.9 Å². The summed E-state index contributed by atoms with van der Waals surface area (Å²) in [5, 5.41) is 0. The van der Waals surface area contributed by atoms with Gasteiger partial charge >= 0.3 is 29.4 Å². The minimum Gasteiger partial charge on any atom is -0.457 e. The highest BCUT2D eigenvalue weighted by Gasteiger charge is 2.67. The molecule has 17 nitrogen and oxygen atoms in total. The summed E-state index contributed by atoms with van der Waals surface area (Å²) >= 11 is 0. The summed E-state index contributed by atoms with van der Waals surface area (Å²) in [5.74, 6) is -5.87. The highest BCUT2D eigenvalue weighted by molar-refractivity contribution is 7.49. The summed E-state index contributed by atoms with van der Waals surface area (Å²) in [6, 6.07) is 96.1. The zero-order valence-electron chi connectivity index (χ0n) is 66.6. The van der Waals surface area contributed by atoms with Gasteiger partial charge in [-0.2, -0.15) is 0 Å². The van der Waals surface area contributed by atoms with Gasteiger partial charge in [0.25, 0.3) is 0 Å². The molecule has 21 rings (SSSR count). The van der Waals surface area contributed by atoms with Gasteiger partial charge in [-0.1, -0.05) is 298 Å². The van der Waals surface area contributed by atoms with Crippen molar-refractivity contribution >= 4 is 35.2 Å². The van der Waals surface area contributed by atoms with Gasteiger partial charge in [0, 0.05) is 54.8 Å². The molecular formula is C101H89O17P3. The van der Waals surface area contributed by atoms with E-state index in [-0.39, 0.29) is 51.8 Å². The lowest BCUT2D eigenvalue weighted by molar-refractivity contribution is -0.209. The second kappa shape index (κ2) is 32.4. The van der Waals surface area contributed by atoms with Crippen LogP contribution >= 0.6 is 23.5 Å². The lowest BCUT2D eigenvalue weighted by atomic mass is 9.85. The Kier molecular flexibility index (Phi) is 20.9. The molecule has 3 fully saturated rings. The Balaban J connectivity index is 0.757. The predicted molar refractivity (Wildman–Crippen MR) is 461 cm³/mol. The largest absolute Gasteiger partial charge is 0.475 e. The molecule has 1 aliphatic heterocycles. The van der Waals surface area contributed by atoms with Gasteiger partial charge in [-0.25, -0.2) is 13.7 Å². The monoisotopic (exact) mass is 1670 g/mol. The molecule has 20 heteroatoms. The molecule has 0 radical (unpaired) electrons. The van der Waals surface area contributed by atoms with Crippen LogP contribution < -0.4 is 0 Å². The number of carbonyl (C=O) groups excluding carboxylic acids is 2. The summed E-state index contributed by atoms with van der Waals surface area (Å²) in [4.78, 5) is 28.6. The maximum absolute atomic E-state index is 18.0. The Labute approximate surface area is 703 Å². The molecule has 9 aliphatic rings. The maximum Gasteiger partial charge on any atom is 0.475 e. The minimum atomic E-state index is -5.42. The van der Waals surface area contributed by atoms with Crippen LogP contribution in [0.15, 0.2) is 291 Å². The number of phosphoric ester groups is 3. The molecule has 12 aromatic rings. The summed E-state index contributed by atoms with van der Waals surface area (Å²) in [7, 11) is -16.1. The lowest BCUT2D eigenvalue weighted by Crippen LogP contribution is -2.65. The number of hydrogen-bond donors (Lipinski definition) is 0. The molecule has 6 atom stereocenters. The van der Waals surface area contributed by atoms with Crippen molar-refractivity contribution in [1.82, 2.24) is 0 Å². The predicted octanol–water partition coefficient (Wildman–Crippen LogP) is 23.2. The van der Waals surface area contributed by atoms with E-state index >= 15 is 18.5 Å². The maximum atomic E-state index is 18.0. The number of ketones is 1. The molecular weight excluding hydrogens is 1580 g/mol. The topological polar surface area (TPSA) is 196 Å². The van der Waals surface area contributed by atoms with E-state index in [0.29, 0.717) is 25.7 Å². The van der Waals surface area contributed by atoms with Crippen molar-refractivity contribution in [2.24, 2.45) is 0 Å². The molecule has 1 spiro atoms. The van der Waals surface area contributed by atoms with E-state index in [2.05, 4.69) is 24.3 Å². The molecule has 610 valence electrons. The molecule has 0 unspecified atom stereocenters. The summed E-state index contributed by atoms with van der Waals surface area (Å²) in [6.07, 6.45) is -8.87. The first-order valence-electron chi connectivity index (χ1n) is 42.1. The third-order valence-corrected chi connectivity index (χ3v) is 30.4. The van der Waals surface area contributed by atoms with Gasteiger partial charge in [-0.15, -0.1) is 0 Å². The van der Waals surface area contributed by atoms with Crippen LogP contribution in [0.5, 0.6) is 0 Å². The number of carbonyl (C=O) groups is 2. The Bertz CT molecular complexity index is 5590. The van der Waals surface area contributed by atoms with Crippen molar-refractivity contribution in [3.05, 3.63) is 358 Å². The quantitative estimate of drug-likeness (QED) is 0.0331. The number of Topliss-reactive ketones (excluding diaryl/α,β-unsaturated/α-hetero) is 1. The SMILES string of the molecule is CC(=O)CCC(=O)O[C@@H]1[C@H]2OC3(CCCCC3)O[C@H]2[C@@H](OP(=O)(OCC2c3ccccc3-c3ccccc32)OCC2c3ccccc3-c3ccccc32)[C@H](OP(=O)(OCC2c3ccccc3-c3ccccc32)OCC2c3ccccc3-c3ccccc32)[C@H]1OP(=O)(OCC1c2ccccc2-c2ccccc21)OCC1c2ccccc2-c2ccccc21. The van der Waals surface area contributed by atoms with Crippen LogP contribution in [0.4, 0.5) is 0 Å². The summed E-state index contributed by atoms with van der Waals surface area (Å²) in [6.45, 7) is -0.329. The van der Waals surface area contributed by atoms with Crippen LogP contribution in [-0.2, 0) is 78.2 Å². The van der Waals surface area contributed by atoms with Crippen LogP contribution in [0.2, 0.25) is 0 Å². The van der Waals surface area contributed by atoms with Crippen molar-refractivity contribution in [2.75, 3.05) is 39.6 Å². The molecule has 1 heterocycles. The van der Waals surface area contributed by atoms with Gasteiger partial charge in [0.1, 0.15) is 36.3 Å². The zero-order chi connectivity index (χ0) is 81.6. The van der Waals surface area contributed by atoms with E-state index in [0.717, 1.165) is 140 Å². The van der Waals surface area contributed by atoms with Crippen LogP contribution in [0.3, 0.4) is 0 Å². The van der Waals surface area contributed by atoms with Crippen molar-refractivity contribution in [1.29, 1.82) is 0 Å². The van der Waals surface area contributed by atoms with E-state index in [1.165, 1.54) is 6.92 Å². The van der Waals surface area contributed by atoms with Gasteiger partial charge in [0.05, 0.1) is 46.1 Å². The first-order valence-corrected chi connectivity index (χ1v) is 46.5. The lowest BCUT2D eigenvalue weighted by Gasteiger charge is -2.46. The highest BCUT2D eigenvalue weighted by Crippen LogP contribution is 2.66.